The number of carbonyl (C=O) groups excluding carboxylic acids is 1. The maximum absolute atomic E-state index is 11.0. The molecular formula is C8H13N3O2. The van der Waals surface area contributed by atoms with Crippen molar-refractivity contribution in [1.29, 1.82) is 0 Å². The Bertz CT molecular complexity index is 293. The number of aromatic nitrogens is 1. The van der Waals surface area contributed by atoms with Crippen molar-refractivity contribution in [3.05, 3.63) is 17.8 Å². The van der Waals surface area contributed by atoms with Crippen LogP contribution in [0, 0.1) is 6.92 Å². The molecule has 0 aromatic carbocycles. The van der Waals surface area contributed by atoms with Gasteiger partial charge in [0.15, 0.2) is 0 Å². The van der Waals surface area contributed by atoms with Crippen LogP contribution in [0.1, 0.15) is 18.6 Å². The van der Waals surface area contributed by atoms with Crippen molar-refractivity contribution in [2.24, 2.45) is 5.73 Å². The van der Waals surface area contributed by atoms with Gasteiger partial charge in [-0.25, -0.2) is 4.98 Å². The molecule has 0 aliphatic carbocycles. The highest BCUT2D eigenvalue weighted by Gasteiger charge is 2.07. The third-order valence-electron chi connectivity index (χ3n) is 1.50. The highest BCUT2D eigenvalue weighted by molar-refractivity contribution is 5.80. The molecule has 0 saturated carbocycles. The number of nitrogens with zero attached hydrogens (tertiary/aromatic N) is 1. The van der Waals surface area contributed by atoms with E-state index in [1.54, 1.807) is 20.0 Å². The van der Waals surface area contributed by atoms with Crippen LogP contribution in [-0.4, -0.2) is 16.9 Å². The van der Waals surface area contributed by atoms with Crippen molar-refractivity contribution in [1.82, 2.24) is 10.3 Å². The van der Waals surface area contributed by atoms with Crippen LogP contribution < -0.4 is 11.1 Å². The third kappa shape index (κ3) is 2.87. The Labute approximate surface area is 76.3 Å². The highest BCUT2D eigenvalue weighted by atomic mass is 16.4. The minimum atomic E-state index is -0.504. The molecule has 5 nitrogen and oxygen atoms in total. The van der Waals surface area contributed by atoms with Gasteiger partial charge in [-0.2, -0.15) is 0 Å². The van der Waals surface area contributed by atoms with Crippen LogP contribution in [0.15, 0.2) is 10.6 Å². The lowest BCUT2D eigenvalue weighted by molar-refractivity contribution is -0.122. The van der Waals surface area contributed by atoms with Gasteiger partial charge in [-0.1, -0.05) is 0 Å². The van der Waals surface area contributed by atoms with Gasteiger partial charge >= 0.3 is 0 Å². The number of amides is 1. The fraction of sp³-hybridized carbons (Fsp3) is 0.500. The van der Waals surface area contributed by atoms with Gasteiger partial charge in [0.1, 0.15) is 5.76 Å². The first kappa shape index (κ1) is 9.73. The highest BCUT2D eigenvalue weighted by Crippen LogP contribution is 2.00. The number of rotatable bonds is 3. The Morgan fingerprint density at radius 1 is 1.85 bits per heavy atom. The zero-order chi connectivity index (χ0) is 9.84. The molecule has 1 aromatic heterocycles. The van der Waals surface area contributed by atoms with Crippen molar-refractivity contribution in [3.63, 3.8) is 0 Å². The first-order valence-corrected chi connectivity index (χ1v) is 4.04. The summed E-state index contributed by atoms with van der Waals surface area (Å²) in [6, 6.07) is -0.504. The van der Waals surface area contributed by atoms with E-state index in [4.69, 9.17) is 10.2 Å². The van der Waals surface area contributed by atoms with Crippen LogP contribution in [0.3, 0.4) is 0 Å². The van der Waals surface area contributed by atoms with E-state index in [0.717, 1.165) is 5.76 Å². The van der Waals surface area contributed by atoms with Gasteiger partial charge in [0.2, 0.25) is 11.8 Å². The maximum Gasteiger partial charge on any atom is 0.237 e. The molecule has 72 valence electrons. The van der Waals surface area contributed by atoms with Gasteiger partial charge in [0.25, 0.3) is 0 Å². The molecule has 13 heavy (non-hydrogen) atoms. The molecule has 0 aliphatic heterocycles. The average molecular weight is 183 g/mol. The second kappa shape index (κ2) is 4.04. The number of hydrogen-bond acceptors (Lipinski definition) is 4. The molecule has 1 heterocycles. The summed E-state index contributed by atoms with van der Waals surface area (Å²) < 4.78 is 5.15. The molecular weight excluding hydrogens is 170 g/mol. The summed E-state index contributed by atoms with van der Waals surface area (Å²) >= 11 is 0. The predicted octanol–water partition coefficient (Wildman–Crippen LogP) is -0.0536. The lowest BCUT2D eigenvalue weighted by Crippen LogP contribution is -2.37. The van der Waals surface area contributed by atoms with Crippen LogP contribution in [0.4, 0.5) is 0 Å². The lowest BCUT2D eigenvalue weighted by atomic mass is 10.3. The standard InChI is InChI=1S/C8H13N3O2/c1-5-3-10-7(13-5)4-11-8(12)6(2)9/h3,6H,4,9H2,1-2H3,(H,11,12). The van der Waals surface area contributed by atoms with E-state index in [1.807, 2.05) is 0 Å². The molecule has 1 rings (SSSR count). The van der Waals surface area contributed by atoms with Gasteiger partial charge in [-0.3, -0.25) is 4.79 Å². The molecule has 1 amide bonds. The molecule has 0 saturated heterocycles. The number of nitrogens with one attached hydrogen (secondary N) is 1. The Hall–Kier alpha value is -1.36. The third-order valence-corrected chi connectivity index (χ3v) is 1.50. The number of aryl methyl sites for hydroxylation is 1. The van der Waals surface area contributed by atoms with E-state index in [9.17, 15) is 4.79 Å². The predicted molar refractivity (Wildman–Crippen MR) is 46.7 cm³/mol. The van der Waals surface area contributed by atoms with Crippen LogP contribution in [0.25, 0.3) is 0 Å². The quantitative estimate of drug-likeness (QED) is 0.688. The van der Waals surface area contributed by atoms with Gasteiger partial charge in [0.05, 0.1) is 18.8 Å². The van der Waals surface area contributed by atoms with Crippen LogP contribution in [-0.2, 0) is 11.3 Å². The monoisotopic (exact) mass is 183 g/mol. The fourth-order valence-corrected chi connectivity index (χ4v) is 0.807. The minimum absolute atomic E-state index is 0.212. The average Bonchev–Trinajstić information content (AvgIpc) is 2.47. The van der Waals surface area contributed by atoms with E-state index in [1.165, 1.54) is 0 Å². The second-order valence-electron chi connectivity index (χ2n) is 2.87. The number of carbonyl (C=O) groups is 1. The normalized spacial score (nSPS) is 12.5. The van der Waals surface area contributed by atoms with Crippen molar-refractivity contribution in [2.75, 3.05) is 0 Å². The zero-order valence-electron chi connectivity index (χ0n) is 7.70. The Kier molecular flexibility index (Phi) is 3.02. The Balaban J connectivity index is 2.39. The van der Waals surface area contributed by atoms with Crippen molar-refractivity contribution in [3.8, 4) is 0 Å². The molecule has 1 atom stereocenters. The van der Waals surface area contributed by atoms with Crippen LogP contribution in [0.5, 0.6) is 0 Å². The molecule has 0 radical (unpaired) electrons. The van der Waals surface area contributed by atoms with Crippen molar-refractivity contribution in [2.45, 2.75) is 26.4 Å². The van der Waals surface area contributed by atoms with Gasteiger partial charge < -0.3 is 15.5 Å². The SMILES string of the molecule is Cc1cnc(CNC(=O)C(C)N)o1. The lowest BCUT2D eigenvalue weighted by Gasteiger charge is -2.04. The Morgan fingerprint density at radius 3 is 3.00 bits per heavy atom. The first-order chi connectivity index (χ1) is 6.09. The van der Waals surface area contributed by atoms with E-state index in [0.29, 0.717) is 5.89 Å². The topological polar surface area (TPSA) is 81.2 Å². The largest absolute Gasteiger partial charge is 0.444 e. The summed E-state index contributed by atoms with van der Waals surface area (Å²) in [6.07, 6.45) is 1.60. The van der Waals surface area contributed by atoms with Crippen molar-refractivity contribution >= 4 is 5.91 Å². The summed E-state index contributed by atoms with van der Waals surface area (Å²) in [6.45, 7) is 3.70. The summed E-state index contributed by atoms with van der Waals surface area (Å²) in [5.74, 6) is 1.01. The summed E-state index contributed by atoms with van der Waals surface area (Å²) in [7, 11) is 0. The minimum Gasteiger partial charge on any atom is -0.444 e. The van der Waals surface area contributed by atoms with E-state index in [2.05, 4.69) is 10.3 Å². The summed E-state index contributed by atoms with van der Waals surface area (Å²) in [4.78, 5) is 14.9. The van der Waals surface area contributed by atoms with E-state index in [-0.39, 0.29) is 12.5 Å². The maximum atomic E-state index is 11.0. The smallest absolute Gasteiger partial charge is 0.237 e. The number of nitrogens with two attached hydrogens (primary N) is 1. The molecule has 3 N–H and O–H groups in total. The van der Waals surface area contributed by atoms with Crippen LogP contribution >= 0.6 is 0 Å². The number of oxazole rings is 1. The van der Waals surface area contributed by atoms with E-state index < -0.39 is 6.04 Å². The van der Waals surface area contributed by atoms with Crippen LogP contribution in [0.2, 0.25) is 0 Å². The second-order valence-corrected chi connectivity index (χ2v) is 2.87. The van der Waals surface area contributed by atoms with Crippen molar-refractivity contribution < 1.29 is 9.21 Å². The molecule has 0 fully saturated rings. The molecule has 1 unspecified atom stereocenters. The molecule has 0 spiro atoms. The summed E-state index contributed by atoms with van der Waals surface area (Å²) in [5.41, 5.74) is 5.34. The molecule has 0 bridgehead atoms. The molecule has 1 aromatic rings. The first-order valence-electron chi connectivity index (χ1n) is 4.04. The van der Waals surface area contributed by atoms with Gasteiger partial charge in [-0.05, 0) is 13.8 Å². The fourth-order valence-electron chi connectivity index (χ4n) is 0.807. The van der Waals surface area contributed by atoms with E-state index >= 15 is 0 Å². The zero-order valence-corrected chi connectivity index (χ0v) is 7.70. The number of hydrogen-bond donors (Lipinski definition) is 2. The Morgan fingerprint density at radius 2 is 2.54 bits per heavy atom. The summed E-state index contributed by atoms with van der Waals surface area (Å²) in [5, 5.41) is 2.59. The molecule has 0 aliphatic rings. The van der Waals surface area contributed by atoms with Gasteiger partial charge in [-0.15, -0.1) is 0 Å². The molecule has 5 heteroatoms. The van der Waals surface area contributed by atoms with Gasteiger partial charge in [0, 0.05) is 0 Å².